The molecule has 1 fully saturated rings. The van der Waals surface area contributed by atoms with Gasteiger partial charge in [0.25, 0.3) is 5.91 Å². The molecule has 1 rings (SSSR count). The number of carbonyl (C=O) groups excluding carboxylic acids is 3. The van der Waals surface area contributed by atoms with E-state index in [-0.39, 0.29) is 23.2 Å². The summed E-state index contributed by atoms with van der Waals surface area (Å²) in [4.78, 5) is 36.3. The van der Waals surface area contributed by atoms with Crippen molar-refractivity contribution in [1.29, 1.82) is 0 Å². The number of primary amides is 1. The summed E-state index contributed by atoms with van der Waals surface area (Å²) in [5.74, 6) is -0.786. The first-order chi connectivity index (χ1) is 8.81. The van der Waals surface area contributed by atoms with Crippen molar-refractivity contribution < 1.29 is 23.6 Å². The van der Waals surface area contributed by atoms with Crippen LogP contribution in [0.15, 0.2) is 0 Å². The second-order valence-electron chi connectivity index (χ2n) is 7.34. The molecule has 114 valence electrons. The predicted octanol–water partition coefficient (Wildman–Crippen LogP) is 1.36. The first-order valence-corrected chi connectivity index (χ1v) is 6.73. The zero-order valence-corrected chi connectivity index (χ0v) is 13.1. The van der Waals surface area contributed by atoms with Gasteiger partial charge in [-0.1, -0.05) is 0 Å². The Labute approximate surface area is 119 Å². The van der Waals surface area contributed by atoms with Gasteiger partial charge in [-0.15, -0.1) is 0 Å². The van der Waals surface area contributed by atoms with E-state index in [2.05, 4.69) is 0 Å². The summed E-state index contributed by atoms with van der Waals surface area (Å²) in [6.07, 6.45) is -0.578. The number of nitrogens with zero attached hydrogens (tertiary/aromatic N) is 1. The van der Waals surface area contributed by atoms with Crippen LogP contribution in [0.25, 0.3) is 0 Å². The van der Waals surface area contributed by atoms with E-state index in [1.165, 1.54) is 0 Å². The average molecular weight is 285 g/mol. The summed E-state index contributed by atoms with van der Waals surface area (Å²) in [6.45, 7) is 10.6. The smallest absolute Gasteiger partial charge is 0.414 e. The van der Waals surface area contributed by atoms with E-state index in [9.17, 15) is 14.4 Å². The van der Waals surface area contributed by atoms with E-state index in [1.807, 2.05) is 20.8 Å². The van der Waals surface area contributed by atoms with Crippen molar-refractivity contribution in [3.63, 3.8) is 0 Å². The molecule has 1 aliphatic rings. The van der Waals surface area contributed by atoms with Gasteiger partial charge in [0.2, 0.25) is 0 Å². The van der Waals surface area contributed by atoms with Gasteiger partial charge in [0.05, 0.1) is 6.42 Å². The van der Waals surface area contributed by atoms with Gasteiger partial charge < -0.3 is 10.5 Å². The van der Waals surface area contributed by atoms with Gasteiger partial charge in [-0.3, -0.25) is 9.59 Å². The van der Waals surface area contributed by atoms with E-state index >= 15 is 0 Å². The molecule has 0 bridgehead atoms. The molecule has 2 amide bonds. The molecule has 0 saturated carbocycles. The molecule has 2 N–H and O–H groups in total. The maximum atomic E-state index is 12.7. The number of hydrogen-bond donors (Lipinski definition) is 1. The van der Waals surface area contributed by atoms with Crippen LogP contribution in [0, 0.1) is 0 Å². The van der Waals surface area contributed by atoms with Crippen molar-refractivity contribution in [2.75, 3.05) is 6.54 Å². The van der Waals surface area contributed by atoms with E-state index in [4.69, 9.17) is 10.5 Å². The van der Waals surface area contributed by atoms with Crippen LogP contribution in [-0.4, -0.2) is 46.0 Å². The van der Waals surface area contributed by atoms with Crippen molar-refractivity contribution in [2.45, 2.75) is 65.1 Å². The predicted molar refractivity (Wildman–Crippen MR) is 73.7 cm³/mol. The Morgan fingerprint density at radius 1 is 1.20 bits per heavy atom. The first kappa shape index (κ1) is 16.6. The summed E-state index contributed by atoms with van der Waals surface area (Å²) in [5, 5.41) is 0. The largest absolute Gasteiger partial charge is 0.517 e. The quantitative estimate of drug-likeness (QED) is 0.737. The molecule has 2 atom stereocenters. The lowest BCUT2D eigenvalue weighted by molar-refractivity contribution is -0.903. The Morgan fingerprint density at radius 2 is 1.70 bits per heavy atom. The van der Waals surface area contributed by atoms with Crippen LogP contribution in [0.4, 0.5) is 4.79 Å². The highest BCUT2D eigenvalue weighted by Crippen LogP contribution is 2.37. The average Bonchev–Trinajstić information content (AvgIpc) is 2.53. The number of nitrogens with two attached hydrogens (primary N) is 1. The molecular formula is C14H25N2O4+. The second-order valence-corrected chi connectivity index (χ2v) is 7.34. The highest BCUT2D eigenvalue weighted by Gasteiger charge is 2.62. The molecule has 1 saturated heterocycles. The van der Waals surface area contributed by atoms with Crippen molar-refractivity contribution in [3.05, 3.63) is 0 Å². The second kappa shape index (κ2) is 4.84. The maximum Gasteiger partial charge on any atom is 0.517 e. The molecule has 1 heterocycles. The van der Waals surface area contributed by atoms with Gasteiger partial charge in [-0.25, -0.2) is 4.48 Å². The summed E-state index contributed by atoms with van der Waals surface area (Å²) in [5.41, 5.74) is 4.07. The van der Waals surface area contributed by atoms with E-state index < -0.39 is 29.2 Å². The Morgan fingerprint density at radius 3 is 2.05 bits per heavy atom. The molecular weight excluding hydrogens is 260 g/mol. The van der Waals surface area contributed by atoms with Crippen LogP contribution in [0.1, 0.15) is 48.0 Å². The number of ketones is 1. The number of Topliss-reactive ketones (excluding diaryl/α,β-unsaturated/α-hetero) is 1. The third-order valence-corrected chi connectivity index (χ3v) is 3.62. The van der Waals surface area contributed by atoms with E-state index in [0.29, 0.717) is 0 Å². The van der Waals surface area contributed by atoms with Crippen molar-refractivity contribution >= 4 is 17.8 Å². The SMILES string of the molecule is CC(C)(C)OC(=O)[N+]1(C(C)(C)C)CC(=O)C[C@H]1C(N)=O. The number of hydrogen-bond acceptors (Lipinski definition) is 4. The minimum atomic E-state index is -0.864. The van der Waals surface area contributed by atoms with Crippen LogP contribution in [0.3, 0.4) is 0 Å². The lowest BCUT2D eigenvalue weighted by atomic mass is 9.99. The molecule has 20 heavy (non-hydrogen) atoms. The lowest BCUT2D eigenvalue weighted by Gasteiger charge is -2.45. The van der Waals surface area contributed by atoms with Crippen molar-refractivity contribution in [3.8, 4) is 0 Å². The van der Waals surface area contributed by atoms with Gasteiger partial charge in [-0.05, 0) is 41.5 Å². The van der Waals surface area contributed by atoms with Crippen LogP contribution in [0.2, 0.25) is 0 Å². The third-order valence-electron chi connectivity index (χ3n) is 3.62. The van der Waals surface area contributed by atoms with Crippen LogP contribution >= 0.6 is 0 Å². The number of quaternary nitrogens is 1. The molecule has 0 aromatic carbocycles. The fraction of sp³-hybridized carbons (Fsp3) is 0.786. The van der Waals surface area contributed by atoms with Gasteiger partial charge in [0.1, 0.15) is 17.7 Å². The molecule has 0 radical (unpaired) electrons. The molecule has 0 aliphatic carbocycles. The Kier molecular flexibility index (Phi) is 4.02. The highest BCUT2D eigenvalue weighted by molar-refractivity contribution is 5.93. The third kappa shape index (κ3) is 2.85. The molecule has 0 aromatic heterocycles. The fourth-order valence-electron chi connectivity index (χ4n) is 2.66. The molecule has 1 unspecified atom stereocenters. The van der Waals surface area contributed by atoms with E-state index in [1.54, 1.807) is 20.8 Å². The summed E-state index contributed by atoms with van der Waals surface area (Å²) in [7, 11) is 0. The first-order valence-electron chi connectivity index (χ1n) is 6.73. The van der Waals surface area contributed by atoms with E-state index in [0.717, 1.165) is 0 Å². The fourth-order valence-corrected chi connectivity index (χ4v) is 2.66. The summed E-state index contributed by atoms with van der Waals surface area (Å²) in [6, 6.07) is -0.864. The monoisotopic (exact) mass is 285 g/mol. The Balaban J connectivity index is 3.34. The van der Waals surface area contributed by atoms with Crippen LogP contribution in [-0.2, 0) is 14.3 Å². The zero-order chi connectivity index (χ0) is 15.9. The molecule has 6 nitrogen and oxygen atoms in total. The van der Waals surface area contributed by atoms with Crippen molar-refractivity contribution in [1.82, 2.24) is 0 Å². The molecule has 1 aliphatic heterocycles. The summed E-state index contributed by atoms with van der Waals surface area (Å²) >= 11 is 0. The van der Waals surface area contributed by atoms with Crippen molar-refractivity contribution in [2.24, 2.45) is 5.73 Å². The Hall–Kier alpha value is -1.43. The van der Waals surface area contributed by atoms with Gasteiger partial charge in [-0.2, -0.15) is 4.79 Å². The van der Waals surface area contributed by atoms with Gasteiger partial charge in [0.15, 0.2) is 11.8 Å². The number of rotatable bonds is 1. The minimum absolute atomic E-state index is 0.00809. The standard InChI is InChI=1S/C14H24N2O4/c1-13(2,3)16(12(19)20-14(4,5)6)8-9(17)7-10(16)11(15)18/h10H,7-8H2,1-6H3,(H-,15,18)/p+1/t10-,16?/m0/s1. The van der Waals surface area contributed by atoms with Crippen LogP contribution < -0.4 is 5.73 Å². The maximum absolute atomic E-state index is 12.7. The van der Waals surface area contributed by atoms with Gasteiger partial charge in [0, 0.05) is 0 Å². The summed E-state index contributed by atoms with van der Waals surface area (Å²) < 4.78 is 5.09. The normalized spacial score (nSPS) is 27.5. The van der Waals surface area contributed by atoms with Gasteiger partial charge >= 0.3 is 6.09 Å². The minimum Gasteiger partial charge on any atom is -0.414 e. The lowest BCUT2D eigenvalue weighted by Crippen LogP contribution is -2.69. The number of ether oxygens (including phenoxy) is 1. The molecule has 0 aromatic rings. The highest BCUT2D eigenvalue weighted by atomic mass is 16.6. The molecule has 6 heteroatoms. The Bertz CT molecular complexity index is 445. The topological polar surface area (TPSA) is 86.5 Å². The van der Waals surface area contributed by atoms with Crippen LogP contribution in [0.5, 0.6) is 0 Å². The zero-order valence-electron chi connectivity index (χ0n) is 13.1. The number of likely N-dealkylation sites (tertiary alicyclic amines) is 1. The number of carbonyl (C=O) groups is 3. The molecule has 0 spiro atoms. The number of amides is 2.